The van der Waals surface area contributed by atoms with E-state index in [0.717, 1.165) is 23.4 Å². The van der Waals surface area contributed by atoms with Gasteiger partial charge in [0.05, 0.1) is 0 Å². The number of nitrogens with zero attached hydrogens (tertiary/aromatic N) is 2. The fraction of sp³-hybridized carbons (Fsp3) is 0.308. The Morgan fingerprint density at radius 1 is 0.967 bits per heavy atom. The van der Waals surface area contributed by atoms with Crippen LogP contribution in [0.5, 0.6) is 5.75 Å². The number of ether oxygens (including phenoxy) is 1. The second-order valence-corrected chi connectivity index (χ2v) is 8.56. The van der Waals surface area contributed by atoms with Crippen LogP contribution in [0.15, 0.2) is 72.9 Å². The number of hydrogen-bond donors (Lipinski definition) is 0. The van der Waals surface area contributed by atoms with Crippen molar-refractivity contribution in [1.29, 1.82) is 0 Å². The summed E-state index contributed by atoms with van der Waals surface area (Å²) < 4.78 is 5.89. The molecule has 0 aliphatic heterocycles. The van der Waals surface area contributed by atoms with E-state index in [9.17, 15) is 4.79 Å². The van der Waals surface area contributed by atoms with Crippen LogP contribution in [-0.2, 0) is 18.4 Å². The Morgan fingerprint density at radius 2 is 1.67 bits per heavy atom. The van der Waals surface area contributed by atoms with Gasteiger partial charge in [0.15, 0.2) is 0 Å². The third-order valence-corrected chi connectivity index (χ3v) is 5.10. The summed E-state index contributed by atoms with van der Waals surface area (Å²) in [5.41, 5.74) is 4.11. The number of carbonyl (C=O) groups excluding carboxylic acids is 1. The molecule has 1 aromatic heterocycles. The number of benzene rings is 2. The Hall–Kier alpha value is -3.14. The Kier molecular flexibility index (Phi) is 6.88. The molecule has 0 N–H and O–H groups in total. The number of likely N-dealkylation sites (N-methyl/N-ethyl adjacent to an activating group) is 1. The van der Waals surface area contributed by atoms with Crippen LogP contribution in [0.4, 0.5) is 0 Å². The van der Waals surface area contributed by atoms with Crippen molar-refractivity contribution in [3.8, 4) is 5.75 Å². The second kappa shape index (κ2) is 9.57. The van der Waals surface area contributed by atoms with Crippen LogP contribution < -0.4 is 4.74 Å². The van der Waals surface area contributed by atoms with Crippen molar-refractivity contribution in [3.63, 3.8) is 0 Å². The number of aromatic nitrogens is 1. The summed E-state index contributed by atoms with van der Waals surface area (Å²) in [6, 6.07) is 21.7. The van der Waals surface area contributed by atoms with Gasteiger partial charge >= 0.3 is 0 Å². The first-order valence-electron chi connectivity index (χ1n) is 10.3. The maximum atomic E-state index is 12.6. The van der Waals surface area contributed by atoms with E-state index >= 15 is 0 Å². The molecule has 0 atom stereocenters. The van der Waals surface area contributed by atoms with E-state index in [1.807, 2.05) is 61.6 Å². The topological polar surface area (TPSA) is 42.4 Å². The predicted octanol–water partition coefficient (Wildman–Crippen LogP) is 5.27. The van der Waals surface area contributed by atoms with Gasteiger partial charge in [-0.3, -0.25) is 9.78 Å². The van der Waals surface area contributed by atoms with E-state index in [-0.39, 0.29) is 11.3 Å². The van der Waals surface area contributed by atoms with Gasteiger partial charge in [0.2, 0.25) is 0 Å². The van der Waals surface area contributed by atoms with Crippen molar-refractivity contribution in [2.45, 2.75) is 39.2 Å². The summed E-state index contributed by atoms with van der Waals surface area (Å²) in [6.07, 6.45) is 2.51. The van der Waals surface area contributed by atoms with Crippen molar-refractivity contribution in [2.75, 3.05) is 13.6 Å². The molecule has 0 fully saturated rings. The highest BCUT2D eigenvalue weighted by atomic mass is 16.5. The van der Waals surface area contributed by atoms with E-state index < -0.39 is 0 Å². The van der Waals surface area contributed by atoms with Crippen LogP contribution in [0.2, 0.25) is 0 Å². The van der Waals surface area contributed by atoms with Crippen LogP contribution >= 0.6 is 0 Å². The van der Waals surface area contributed by atoms with Crippen LogP contribution in [-0.4, -0.2) is 29.4 Å². The molecule has 30 heavy (non-hydrogen) atoms. The zero-order valence-electron chi connectivity index (χ0n) is 18.3. The lowest BCUT2D eigenvalue weighted by molar-refractivity contribution is 0.0796. The third-order valence-electron chi connectivity index (χ3n) is 5.10. The minimum atomic E-state index is 0.0103. The molecule has 0 aliphatic carbocycles. The van der Waals surface area contributed by atoms with Gasteiger partial charge in [0, 0.05) is 37.5 Å². The molecule has 3 rings (SSSR count). The normalized spacial score (nSPS) is 11.2. The number of amides is 1. The Labute approximate surface area is 179 Å². The average Bonchev–Trinajstić information content (AvgIpc) is 2.76. The van der Waals surface area contributed by atoms with Gasteiger partial charge in [-0.05, 0) is 52.9 Å². The van der Waals surface area contributed by atoms with Crippen LogP contribution in [0.25, 0.3) is 0 Å². The number of pyridine rings is 1. The summed E-state index contributed by atoms with van der Waals surface area (Å²) >= 11 is 0. The van der Waals surface area contributed by atoms with E-state index in [1.165, 1.54) is 5.56 Å². The van der Waals surface area contributed by atoms with Crippen LogP contribution in [0.1, 0.15) is 48.0 Å². The first kappa shape index (κ1) is 21.6. The van der Waals surface area contributed by atoms with E-state index in [0.29, 0.717) is 18.7 Å². The zero-order valence-corrected chi connectivity index (χ0v) is 18.3. The van der Waals surface area contributed by atoms with E-state index in [2.05, 4.69) is 37.9 Å². The Bertz CT molecular complexity index is 943. The van der Waals surface area contributed by atoms with Crippen LogP contribution in [0, 0.1) is 0 Å². The van der Waals surface area contributed by atoms with Crippen molar-refractivity contribution in [2.24, 2.45) is 0 Å². The maximum absolute atomic E-state index is 12.6. The maximum Gasteiger partial charge on any atom is 0.253 e. The average molecular weight is 403 g/mol. The van der Waals surface area contributed by atoms with Crippen molar-refractivity contribution in [3.05, 3.63) is 95.3 Å². The lowest BCUT2D eigenvalue weighted by atomic mass is 9.87. The molecule has 0 bridgehead atoms. The number of rotatable bonds is 7. The lowest BCUT2D eigenvalue weighted by Gasteiger charge is -2.19. The third kappa shape index (κ3) is 5.93. The van der Waals surface area contributed by atoms with Gasteiger partial charge in [0.1, 0.15) is 12.4 Å². The predicted molar refractivity (Wildman–Crippen MR) is 121 cm³/mol. The molecule has 2 aromatic carbocycles. The fourth-order valence-electron chi connectivity index (χ4n) is 3.11. The number of hydrogen-bond acceptors (Lipinski definition) is 3. The highest BCUT2D eigenvalue weighted by Crippen LogP contribution is 2.24. The minimum absolute atomic E-state index is 0.0103. The fourth-order valence-corrected chi connectivity index (χ4v) is 3.11. The van der Waals surface area contributed by atoms with Gasteiger partial charge in [-0.25, -0.2) is 0 Å². The quantitative estimate of drug-likeness (QED) is 0.540. The van der Waals surface area contributed by atoms with Gasteiger partial charge in [0.25, 0.3) is 5.91 Å². The molecular formula is C26H30N2O2. The highest BCUT2D eigenvalue weighted by Gasteiger charge is 2.13. The summed E-state index contributed by atoms with van der Waals surface area (Å²) in [6.45, 7) is 7.69. The molecule has 3 aromatic rings. The Morgan fingerprint density at radius 3 is 2.27 bits per heavy atom. The number of carbonyl (C=O) groups is 1. The molecule has 156 valence electrons. The minimum Gasteiger partial charge on any atom is -0.489 e. The molecule has 4 heteroatoms. The molecular weight excluding hydrogens is 372 g/mol. The standard InChI is InChI=1S/C26H30N2O2/c1-26(2,3)22-12-14-24(15-13-22)30-19-20-8-10-21(11-9-20)25(29)28(4)18-16-23-7-5-6-17-27-23/h5-15,17H,16,18-19H2,1-4H3. The van der Waals surface area contributed by atoms with Crippen molar-refractivity contribution < 1.29 is 9.53 Å². The van der Waals surface area contributed by atoms with Gasteiger partial charge in [-0.1, -0.05) is 51.1 Å². The summed E-state index contributed by atoms with van der Waals surface area (Å²) in [5.74, 6) is 0.855. The second-order valence-electron chi connectivity index (χ2n) is 8.56. The first-order valence-corrected chi connectivity index (χ1v) is 10.3. The lowest BCUT2D eigenvalue weighted by Crippen LogP contribution is -2.29. The van der Waals surface area contributed by atoms with Crippen LogP contribution in [0.3, 0.4) is 0 Å². The van der Waals surface area contributed by atoms with Gasteiger partial charge < -0.3 is 9.64 Å². The summed E-state index contributed by atoms with van der Waals surface area (Å²) in [4.78, 5) is 18.7. The van der Waals surface area contributed by atoms with Gasteiger partial charge in [-0.2, -0.15) is 0 Å². The van der Waals surface area contributed by atoms with Gasteiger partial charge in [-0.15, -0.1) is 0 Å². The summed E-state index contributed by atoms with van der Waals surface area (Å²) in [7, 11) is 1.82. The highest BCUT2D eigenvalue weighted by molar-refractivity contribution is 5.94. The summed E-state index contributed by atoms with van der Waals surface area (Å²) in [5, 5.41) is 0. The molecule has 1 amide bonds. The molecule has 0 spiro atoms. The molecule has 0 unspecified atom stereocenters. The van der Waals surface area contributed by atoms with Crippen molar-refractivity contribution in [1.82, 2.24) is 9.88 Å². The first-order chi connectivity index (χ1) is 14.3. The molecule has 4 nitrogen and oxygen atoms in total. The largest absolute Gasteiger partial charge is 0.489 e. The zero-order chi connectivity index (χ0) is 21.6. The SMILES string of the molecule is CN(CCc1ccccn1)C(=O)c1ccc(COc2ccc(C(C)(C)C)cc2)cc1. The van der Waals surface area contributed by atoms with E-state index in [4.69, 9.17) is 4.74 Å². The monoisotopic (exact) mass is 402 g/mol. The Balaban J connectivity index is 1.52. The van der Waals surface area contributed by atoms with Crippen molar-refractivity contribution >= 4 is 5.91 Å². The molecule has 0 aliphatic rings. The molecule has 0 radical (unpaired) electrons. The van der Waals surface area contributed by atoms with E-state index in [1.54, 1.807) is 11.1 Å². The smallest absolute Gasteiger partial charge is 0.253 e. The molecule has 1 heterocycles. The molecule has 0 saturated carbocycles. The molecule has 0 saturated heterocycles.